The van der Waals surface area contributed by atoms with Gasteiger partial charge in [0.25, 0.3) is 0 Å². The molecular formula is C49H116N8O12P8. The van der Waals surface area contributed by atoms with Gasteiger partial charge in [0.1, 0.15) is 0 Å². The van der Waals surface area contributed by atoms with E-state index in [0.717, 1.165) is 15.9 Å². The van der Waals surface area contributed by atoms with Gasteiger partial charge < -0.3 is 63.4 Å². The standard InChI is InChI=1S/C13H26N2O3.C11H28N2O2P4.C10H22N2O2.C7H22N2OP4.C4H8O2.C3H6O2.CH4/c1-6-12(17)15-10(5)11(16)7-9(4)14-13(18)8(2)3;1-7(2)11(15)12-8(3)6-10(14)9(4)13(5)19(17)18-16;1-6(2)10(14)12-7(3)5-9(13)8(4)11;1-5(8)4-7(10)6(2)9(3)14(12)13-11;1-3(2)4(5)6;1-2-3(4)5;/h8-11,16H,6-7H2,1-5H3,(H,14,18)(H,15,17);7-10,14,18H,6,16-17H2,1-5H3,(H,12,15);6-9,13H,5,11H2,1-4H3,(H,12,14);5-7,10,13H,4,8,11-12H2,1-3H3;3H,1-2H3,(H,5,6);2H2,1H3,(H,4,5);1H4. The van der Waals surface area contributed by atoms with Crippen molar-refractivity contribution in [3.05, 3.63) is 0 Å². The fourth-order valence-electron chi connectivity index (χ4n) is 5.21. The smallest absolute Gasteiger partial charge is 0.305 e. The molecule has 0 saturated heterocycles. The Morgan fingerprint density at radius 1 is 0.506 bits per heavy atom. The lowest BCUT2D eigenvalue weighted by molar-refractivity contribution is -0.140. The predicted octanol–water partition coefficient (Wildman–Crippen LogP) is 7.67. The number of carbonyl (C=O) groups excluding carboxylic acids is 4. The molecule has 0 aliphatic carbocycles. The van der Waals surface area contributed by atoms with E-state index in [9.17, 15) is 49.2 Å². The third-order valence-corrected chi connectivity index (χ3v) is 32.2. The molecule has 0 aromatic rings. The van der Waals surface area contributed by atoms with E-state index in [1.807, 2.05) is 83.2 Å². The molecule has 0 bridgehead atoms. The molecule has 0 aliphatic rings. The molecule has 28 heteroatoms. The highest BCUT2D eigenvalue weighted by Gasteiger charge is 2.26. The molecule has 77 heavy (non-hydrogen) atoms. The van der Waals surface area contributed by atoms with Gasteiger partial charge >= 0.3 is 11.9 Å². The van der Waals surface area contributed by atoms with Crippen molar-refractivity contribution in [2.45, 2.75) is 243 Å². The number of nitrogens with two attached hydrogens (primary N) is 2. The number of likely N-dealkylation sites (N-methyl/N-ethyl adjacent to an activating group) is 2. The molecule has 14 N–H and O–H groups in total. The van der Waals surface area contributed by atoms with Gasteiger partial charge in [-0.05, 0) is 95.2 Å². The van der Waals surface area contributed by atoms with Crippen LogP contribution in [-0.4, -0.2) is 162 Å². The normalized spacial score (nSPS) is 16.7. The fourth-order valence-corrected chi connectivity index (χ4v) is 13.4. The number of aliphatic hydroxyl groups is 4. The van der Waals surface area contributed by atoms with Crippen LogP contribution in [-0.2, 0) is 28.8 Å². The molecule has 20 unspecified atom stereocenters. The van der Waals surface area contributed by atoms with Crippen molar-refractivity contribution in [3.63, 3.8) is 0 Å². The first kappa shape index (κ1) is 90.7. The van der Waals surface area contributed by atoms with Crippen LogP contribution in [0.3, 0.4) is 0 Å². The lowest BCUT2D eigenvalue weighted by Gasteiger charge is -2.33. The minimum Gasteiger partial charge on any atom is -0.481 e. The number of rotatable bonds is 28. The number of nitrogens with zero attached hydrogens (tertiary/aromatic N) is 2. The number of nitrogens with one attached hydrogen (secondary N) is 4. The van der Waals surface area contributed by atoms with Crippen LogP contribution in [0.2, 0.25) is 0 Å². The first-order valence-corrected chi connectivity index (χ1v) is 39.1. The molecule has 4 amide bonds. The van der Waals surface area contributed by atoms with Gasteiger partial charge in [-0.2, -0.15) is 0 Å². The number of amides is 4. The summed E-state index contributed by atoms with van der Waals surface area (Å²) in [4.78, 5) is 64.6. The van der Waals surface area contributed by atoms with E-state index in [2.05, 4.69) is 80.3 Å². The van der Waals surface area contributed by atoms with E-state index >= 15 is 0 Å². The lowest BCUT2D eigenvalue weighted by Crippen LogP contribution is -2.45. The minimum atomic E-state index is -0.745. The second kappa shape index (κ2) is 52.7. The van der Waals surface area contributed by atoms with E-state index < -0.39 is 30.3 Å². The highest BCUT2D eigenvalue weighted by molar-refractivity contribution is 8.60. The first-order valence-electron chi connectivity index (χ1n) is 26.0. The number of hydrogen-bond donors (Lipinski definition) is 12. The van der Waals surface area contributed by atoms with Gasteiger partial charge in [0.2, 0.25) is 23.6 Å². The van der Waals surface area contributed by atoms with Gasteiger partial charge in [0, 0.05) is 87.8 Å². The number of carbonyl (C=O) groups is 6. The molecule has 464 valence electrons. The number of hydrogen-bond acceptors (Lipinski definition) is 14. The van der Waals surface area contributed by atoms with Crippen molar-refractivity contribution in [1.82, 2.24) is 30.6 Å². The molecule has 20 atom stereocenters. The Balaban J connectivity index is -0.000000159. The highest BCUT2D eigenvalue weighted by Crippen LogP contribution is 2.68. The summed E-state index contributed by atoms with van der Waals surface area (Å²) in [6.07, 6.45) is 0.805. The Bertz CT molecular complexity index is 1540. The summed E-state index contributed by atoms with van der Waals surface area (Å²) in [6.45, 7) is 32.9. The monoisotopic (exact) mass is 1260 g/mol. The highest BCUT2D eigenvalue weighted by atomic mass is 32.6. The van der Waals surface area contributed by atoms with E-state index in [1.165, 1.54) is 0 Å². The van der Waals surface area contributed by atoms with Crippen molar-refractivity contribution in [1.29, 1.82) is 0 Å². The van der Waals surface area contributed by atoms with Crippen LogP contribution >= 0.6 is 66.5 Å². The van der Waals surface area contributed by atoms with Crippen molar-refractivity contribution < 1.29 is 59.4 Å². The Hall–Kier alpha value is -0.0600. The molecule has 0 spiro atoms. The van der Waals surface area contributed by atoms with Gasteiger partial charge in [0.15, 0.2) is 0 Å². The molecular weight excluding hydrogens is 1140 g/mol. The van der Waals surface area contributed by atoms with E-state index in [1.54, 1.807) is 41.5 Å². The fraction of sp³-hybridized carbons (Fsp3) is 0.878. The number of carboxylic acids is 2. The van der Waals surface area contributed by atoms with Crippen molar-refractivity contribution in [3.8, 4) is 0 Å². The van der Waals surface area contributed by atoms with E-state index in [0.29, 0.717) is 32.1 Å². The summed E-state index contributed by atoms with van der Waals surface area (Å²) >= 11 is 0. The number of aliphatic hydroxyl groups excluding tert-OH is 4. The average Bonchev–Trinajstić information content (AvgIpc) is 3.32. The SMILES string of the molecule is C.CC(C)C(=O)O.CC(CC(O)C(C)N(C)P(P)PP)NC(=O)C(C)C.CC(CC(O)C(C)N)NC(=O)C(C)C.CC(N)CC(O)C(C)N(C)P(P)PP.CCC(=O)NC(C)C(O)CC(C)NC(=O)C(C)C.CCC(=O)O. The Morgan fingerprint density at radius 2 is 0.779 bits per heavy atom. The summed E-state index contributed by atoms with van der Waals surface area (Å²) in [5, 5.41) is 66.5. The summed E-state index contributed by atoms with van der Waals surface area (Å²) < 4.78 is 4.45. The molecule has 0 heterocycles. The van der Waals surface area contributed by atoms with Gasteiger partial charge in [-0.1, -0.05) is 110 Å². The Morgan fingerprint density at radius 3 is 1.00 bits per heavy atom. The molecule has 0 saturated carbocycles. The lowest BCUT2D eigenvalue weighted by atomic mass is 10.0. The average molecular weight is 1260 g/mol. The van der Waals surface area contributed by atoms with Crippen LogP contribution in [0.1, 0.15) is 171 Å². The zero-order valence-electron chi connectivity index (χ0n) is 49.9. The number of aliphatic carboxylic acids is 2. The quantitative estimate of drug-likeness (QED) is 0.0334. The van der Waals surface area contributed by atoms with E-state index in [4.69, 9.17) is 21.7 Å². The Kier molecular flexibility index (Phi) is 62.1. The molecule has 0 aromatic heterocycles. The number of carboxylic acid groups (broad SMARTS) is 2. The second-order valence-corrected chi connectivity index (χ2v) is 38.4. The summed E-state index contributed by atoms with van der Waals surface area (Å²) in [7, 11) is 16.5. The van der Waals surface area contributed by atoms with Gasteiger partial charge in [0.05, 0.1) is 36.4 Å². The predicted molar refractivity (Wildman–Crippen MR) is 346 cm³/mol. The maximum atomic E-state index is 11.6. The zero-order chi connectivity index (χ0) is 61.5. The molecule has 20 nitrogen and oxygen atoms in total. The van der Waals surface area contributed by atoms with Crippen molar-refractivity contribution >= 4 is 102 Å². The van der Waals surface area contributed by atoms with Crippen molar-refractivity contribution in [2.75, 3.05) is 14.1 Å². The second-order valence-electron chi connectivity index (χ2n) is 20.3. The first-order chi connectivity index (χ1) is 34.6. The van der Waals surface area contributed by atoms with Crippen molar-refractivity contribution in [2.24, 2.45) is 35.1 Å². The van der Waals surface area contributed by atoms with E-state index in [-0.39, 0.29) is 130 Å². The van der Waals surface area contributed by atoms with Crippen LogP contribution < -0.4 is 32.7 Å². The van der Waals surface area contributed by atoms with Gasteiger partial charge in [-0.25, -0.2) is 0 Å². The maximum Gasteiger partial charge on any atom is 0.305 e. The van der Waals surface area contributed by atoms with Crippen LogP contribution in [0.4, 0.5) is 0 Å². The van der Waals surface area contributed by atoms with Crippen LogP contribution in [0.15, 0.2) is 0 Å². The molecule has 0 aliphatic heterocycles. The topological polar surface area (TPSA) is 330 Å². The van der Waals surface area contributed by atoms with Crippen LogP contribution in [0, 0.1) is 23.7 Å². The molecule has 0 fully saturated rings. The molecule has 0 aromatic carbocycles. The largest absolute Gasteiger partial charge is 0.481 e. The zero-order valence-corrected chi connectivity index (χ0v) is 58.3. The third-order valence-electron chi connectivity index (χ3n) is 11.1. The molecule has 0 rings (SSSR count). The molecule has 0 radical (unpaired) electrons. The van der Waals surface area contributed by atoms with Crippen LogP contribution in [0.5, 0.6) is 0 Å². The third kappa shape index (κ3) is 53.7. The summed E-state index contributed by atoms with van der Waals surface area (Å²) in [5.41, 5.74) is 11.2. The summed E-state index contributed by atoms with van der Waals surface area (Å²) in [5.74, 6) is -1.88. The van der Waals surface area contributed by atoms with Gasteiger partial charge in [-0.15, -0.1) is 17.9 Å². The Labute approximate surface area is 482 Å². The van der Waals surface area contributed by atoms with Gasteiger partial charge in [-0.3, -0.25) is 38.1 Å². The minimum absolute atomic E-state index is 0. The van der Waals surface area contributed by atoms with Crippen LogP contribution in [0.25, 0.3) is 0 Å². The summed E-state index contributed by atoms with van der Waals surface area (Å²) in [6, 6.07) is -0.385. The maximum absolute atomic E-state index is 11.6.